The lowest BCUT2D eigenvalue weighted by molar-refractivity contribution is 0.0691. The quantitative estimate of drug-likeness (QED) is 0.657. The number of hydrogen-bond acceptors (Lipinski definition) is 4. The van der Waals surface area contributed by atoms with Crippen LogP contribution in [-0.2, 0) is 0 Å². The van der Waals surface area contributed by atoms with Gasteiger partial charge >= 0.3 is 0 Å². The number of carbonyl (C=O) groups is 1. The van der Waals surface area contributed by atoms with Crippen molar-refractivity contribution in [3.05, 3.63) is 71.4 Å². The lowest BCUT2D eigenvalue weighted by Crippen LogP contribution is -2.47. The molecular weight excluding hydrogens is 398 g/mol. The van der Waals surface area contributed by atoms with Gasteiger partial charge in [-0.3, -0.25) is 4.79 Å². The van der Waals surface area contributed by atoms with Crippen LogP contribution in [0.5, 0.6) is 0 Å². The number of nitrogens with one attached hydrogen (secondary N) is 1. The Morgan fingerprint density at radius 1 is 1.16 bits per heavy atom. The number of carbonyl (C=O) groups excluding carboxylic acids is 1. The van der Waals surface area contributed by atoms with Gasteiger partial charge in [-0.25, -0.2) is 4.68 Å². The number of amides is 1. The fraction of sp³-hybridized carbons (Fsp3) is 0.346. The average Bonchev–Trinajstić information content (AvgIpc) is 3.29. The van der Waals surface area contributed by atoms with Gasteiger partial charge in [0, 0.05) is 24.7 Å². The van der Waals surface area contributed by atoms with Gasteiger partial charge in [0.1, 0.15) is 0 Å². The average molecular weight is 428 g/mol. The number of nitrogens with zero attached hydrogens (tertiary/aromatic N) is 4. The number of benzene rings is 2. The monoisotopic (exact) mass is 427 g/mol. The number of hydrogen-bond donors (Lipinski definition) is 1. The molecule has 2 aromatic carbocycles. The minimum Gasteiger partial charge on any atom is -0.336 e. The van der Waals surface area contributed by atoms with E-state index in [0.717, 1.165) is 36.3 Å². The molecule has 4 rings (SSSR count). The first-order chi connectivity index (χ1) is 15.5. The molecule has 1 aliphatic heterocycles. The van der Waals surface area contributed by atoms with E-state index >= 15 is 0 Å². The van der Waals surface area contributed by atoms with E-state index in [1.807, 2.05) is 47.0 Å². The highest BCUT2D eigenvalue weighted by Gasteiger charge is 2.26. The highest BCUT2D eigenvalue weighted by atomic mass is 16.2. The van der Waals surface area contributed by atoms with E-state index in [1.165, 1.54) is 5.56 Å². The van der Waals surface area contributed by atoms with Crippen LogP contribution in [0.25, 0.3) is 16.9 Å². The van der Waals surface area contributed by atoms with Gasteiger partial charge in [-0.1, -0.05) is 38.1 Å². The Morgan fingerprint density at radius 2 is 1.88 bits per heavy atom. The molecule has 6 heteroatoms. The van der Waals surface area contributed by atoms with Crippen molar-refractivity contribution in [3.8, 4) is 23.0 Å². The summed E-state index contributed by atoms with van der Waals surface area (Å²) >= 11 is 0. The molecule has 1 aromatic heterocycles. The van der Waals surface area contributed by atoms with Crippen molar-refractivity contribution in [1.29, 1.82) is 5.26 Å². The number of likely N-dealkylation sites (N-methyl/N-ethyl adjacent to an activating group) is 1. The number of aromatic nitrogens is 2. The molecule has 0 unspecified atom stereocenters. The molecule has 2 heterocycles. The molecule has 1 atom stereocenters. The van der Waals surface area contributed by atoms with E-state index in [0.29, 0.717) is 29.8 Å². The molecule has 6 nitrogen and oxygen atoms in total. The minimum atomic E-state index is -0.0441. The molecule has 0 saturated carbocycles. The Kier molecular flexibility index (Phi) is 6.38. The molecule has 1 amide bonds. The van der Waals surface area contributed by atoms with Crippen molar-refractivity contribution < 1.29 is 4.79 Å². The van der Waals surface area contributed by atoms with Gasteiger partial charge in [-0.05, 0) is 61.7 Å². The third-order valence-corrected chi connectivity index (χ3v) is 6.16. The molecule has 1 fully saturated rings. The highest BCUT2D eigenvalue weighted by molar-refractivity contribution is 5.93. The van der Waals surface area contributed by atoms with E-state index < -0.39 is 0 Å². The Morgan fingerprint density at radius 3 is 2.50 bits per heavy atom. The van der Waals surface area contributed by atoms with Crippen molar-refractivity contribution in [2.24, 2.45) is 0 Å². The van der Waals surface area contributed by atoms with Gasteiger partial charge < -0.3 is 10.2 Å². The summed E-state index contributed by atoms with van der Waals surface area (Å²) in [6.07, 6.45) is 2.06. The SMILES string of the molecule is CN[C@@H]1CCCN(C(=O)c2cc(-c3ccc(C#N)cc3)n(-c3ccc(C(C)C)cc3)n2)C1. The van der Waals surface area contributed by atoms with Gasteiger partial charge in [0.2, 0.25) is 0 Å². The molecule has 1 saturated heterocycles. The topological polar surface area (TPSA) is 74.0 Å². The second-order valence-electron chi connectivity index (χ2n) is 8.64. The van der Waals surface area contributed by atoms with Crippen molar-refractivity contribution in [2.75, 3.05) is 20.1 Å². The highest BCUT2D eigenvalue weighted by Crippen LogP contribution is 2.27. The number of likely N-dealkylation sites (tertiary alicyclic amines) is 1. The van der Waals surface area contributed by atoms with Gasteiger partial charge in [-0.2, -0.15) is 10.4 Å². The van der Waals surface area contributed by atoms with E-state index in [-0.39, 0.29) is 5.91 Å². The van der Waals surface area contributed by atoms with Crippen molar-refractivity contribution >= 4 is 5.91 Å². The van der Waals surface area contributed by atoms with Crippen LogP contribution in [0, 0.1) is 11.3 Å². The predicted molar refractivity (Wildman–Crippen MR) is 126 cm³/mol. The normalized spacial score (nSPS) is 16.2. The third kappa shape index (κ3) is 4.44. The second kappa shape index (κ2) is 9.37. The number of nitriles is 1. The van der Waals surface area contributed by atoms with Crippen molar-refractivity contribution in [1.82, 2.24) is 20.0 Å². The van der Waals surface area contributed by atoms with Gasteiger partial charge in [0.25, 0.3) is 5.91 Å². The summed E-state index contributed by atoms with van der Waals surface area (Å²) in [5, 5.41) is 17.2. The third-order valence-electron chi connectivity index (χ3n) is 6.16. The fourth-order valence-corrected chi connectivity index (χ4v) is 4.16. The predicted octanol–water partition coefficient (Wildman–Crippen LogP) is 4.36. The van der Waals surface area contributed by atoms with E-state index in [4.69, 9.17) is 10.4 Å². The summed E-state index contributed by atoms with van der Waals surface area (Å²) in [6, 6.07) is 20.0. The molecule has 164 valence electrons. The fourth-order valence-electron chi connectivity index (χ4n) is 4.16. The first-order valence-electron chi connectivity index (χ1n) is 11.2. The molecule has 1 N–H and O–H groups in total. The van der Waals surface area contributed by atoms with Crippen LogP contribution in [0.3, 0.4) is 0 Å². The summed E-state index contributed by atoms with van der Waals surface area (Å²) in [4.78, 5) is 15.2. The van der Waals surface area contributed by atoms with E-state index in [1.54, 1.807) is 12.1 Å². The first kappa shape index (κ1) is 21.8. The summed E-state index contributed by atoms with van der Waals surface area (Å²) in [5.74, 6) is 0.397. The summed E-state index contributed by atoms with van der Waals surface area (Å²) in [5.41, 5.74) is 4.94. The van der Waals surface area contributed by atoms with Crippen LogP contribution in [0.4, 0.5) is 0 Å². The largest absolute Gasteiger partial charge is 0.336 e. The molecule has 0 bridgehead atoms. The Labute approximate surface area is 189 Å². The van der Waals surface area contributed by atoms with Crippen LogP contribution in [0.15, 0.2) is 54.6 Å². The summed E-state index contributed by atoms with van der Waals surface area (Å²) < 4.78 is 1.83. The lowest BCUT2D eigenvalue weighted by Gasteiger charge is -2.32. The zero-order valence-electron chi connectivity index (χ0n) is 18.9. The van der Waals surface area contributed by atoms with Gasteiger partial charge in [0.15, 0.2) is 5.69 Å². The van der Waals surface area contributed by atoms with Crippen LogP contribution >= 0.6 is 0 Å². The Hall–Kier alpha value is -3.43. The lowest BCUT2D eigenvalue weighted by atomic mass is 10.0. The maximum atomic E-state index is 13.3. The zero-order chi connectivity index (χ0) is 22.7. The Balaban J connectivity index is 1.74. The smallest absolute Gasteiger partial charge is 0.274 e. The van der Waals surface area contributed by atoms with Gasteiger partial charge in [0.05, 0.1) is 23.0 Å². The van der Waals surface area contributed by atoms with Crippen molar-refractivity contribution in [2.45, 2.75) is 38.6 Å². The first-order valence-corrected chi connectivity index (χ1v) is 11.2. The standard InChI is InChI=1S/C26H29N5O/c1-18(2)20-10-12-23(13-11-20)31-25(21-8-6-19(16-27)7-9-21)15-24(29-31)26(32)30-14-4-5-22(17-30)28-3/h6-13,15,18,22,28H,4-5,14,17H2,1-3H3/t22-/m1/s1. The van der Waals surface area contributed by atoms with Crippen LogP contribution in [-0.4, -0.2) is 46.8 Å². The molecule has 32 heavy (non-hydrogen) atoms. The summed E-state index contributed by atoms with van der Waals surface area (Å²) in [7, 11) is 1.94. The van der Waals surface area contributed by atoms with Gasteiger partial charge in [-0.15, -0.1) is 0 Å². The molecule has 1 aliphatic rings. The van der Waals surface area contributed by atoms with E-state index in [2.05, 4.69) is 37.4 Å². The number of rotatable bonds is 5. The molecular formula is C26H29N5O. The Bertz CT molecular complexity index is 1120. The van der Waals surface area contributed by atoms with E-state index in [9.17, 15) is 4.79 Å². The second-order valence-corrected chi connectivity index (χ2v) is 8.64. The summed E-state index contributed by atoms with van der Waals surface area (Å²) in [6.45, 7) is 5.77. The van der Waals surface area contributed by atoms with Crippen LogP contribution < -0.4 is 5.32 Å². The molecule has 0 spiro atoms. The zero-order valence-corrected chi connectivity index (χ0v) is 18.9. The maximum absolute atomic E-state index is 13.3. The number of piperidine rings is 1. The van der Waals surface area contributed by atoms with Crippen LogP contribution in [0.2, 0.25) is 0 Å². The maximum Gasteiger partial charge on any atom is 0.274 e. The molecule has 3 aromatic rings. The molecule has 0 aliphatic carbocycles. The minimum absolute atomic E-state index is 0.0441. The van der Waals surface area contributed by atoms with Crippen LogP contribution in [0.1, 0.15) is 54.2 Å². The van der Waals surface area contributed by atoms with Crippen molar-refractivity contribution in [3.63, 3.8) is 0 Å². The molecule has 0 radical (unpaired) electrons.